The van der Waals surface area contributed by atoms with E-state index in [2.05, 4.69) is 10.1 Å². The van der Waals surface area contributed by atoms with Crippen LogP contribution in [0, 0.1) is 6.92 Å². The van der Waals surface area contributed by atoms with E-state index in [1.54, 1.807) is 23.5 Å². The summed E-state index contributed by atoms with van der Waals surface area (Å²) < 4.78 is 40.4. The van der Waals surface area contributed by atoms with Crippen molar-refractivity contribution in [1.82, 2.24) is 5.32 Å². The first-order chi connectivity index (χ1) is 9.90. The highest BCUT2D eigenvalue weighted by molar-refractivity contribution is 7.10. The monoisotopic (exact) mass is 315 g/mol. The van der Waals surface area contributed by atoms with Crippen molar-refractivity contribution in [1.29, 1.82) is 0 Å². The van der Waals surface area contributed by atoms with Crippen LogP contribution in [0.2, 0.25) is 0 Å². The normalized spacial score (nSPS) is 13.2. The molecular weight excluding hydrogens is 299 g/mol. The quantitative estimate of drug-likeness (QED) is 0.867. The van der Waals surface area contributed by atoms with Gasteiger partial charge in [-0.05, 0) is 48.2 Å². The zero-order chi connectivity index (χ0) is 15.5. The standard InChI is InChI=1S/C15H16F3NOS/c1-3-19-14(13-8-9-21-10(13)2)11-4-6-12(7-5-11)20-15(16,17)18/h4-9,14,19H,3H2,1-2H3. The summed E-state index contributed by atoms with van der Waals surface area (Å²) in [5, 5.41) is 5.36. The minimum atomic E-state index is -4.66. The van der Waals surface area contributed by atoms with Gasteiger partial charge in [-0.2, -0.15) is 0 Å². The lowest BCUT2D eigenvalue weighted by molar-refractivity contribution is -0.274. The molecule has 1 unspecified atom stereocenters. The Labute approximate surface area is 125 Å². The van der Waals surface area contributed by atoms with Gasteiger partial charge in [0.15, 0.2) is 0 Å². The summed E-state index contributed by atoms with van der Waals surface area (Å²) >= 11 is 1.65. The molecule has 0 saturated carbocycles. The molecule has 0 radical (unpaired) electrons. The number of alkyl halides is 3. The minimum Gasteiger partial charge on any atom is -0.406 e. The van der Waals surface area contributed by atoms with Gasteiger partial charge >= 0.3 is 6.36 Å². The molecule has 114 valence electrons. The van der Waals surface area contributed by atoms with Crippen molar-refractivity contribution in [3.05, 3.63) is 51.7 Å². The number of thiophene rings is 1. The SMILES string of the molecule is CCNC(c1ccc(OC(F)(F)F)cc1)c1ccsc1C. The Morgan fingerprint density at radius 2 is 1.86 bits per heavy atom. The topological polar surface area (TPSA) is 21.3 Å². The number of hydrogen-bond donors (Lipinski definition) is 1. The van der Waals surface area contributed by atoms with Gasteiger partial charge in [-0.25, -0.2) is 0 Å². The van der Waals surface area contributed by atoms with Crippen molar-refractivity contribution < 1.29 is 17.9 Å². The molecule has 0 amide bonds. The van der Waals surface area contributed by atoms with Crippen LogP contribution in [-0.2, 0) is 0 Å². The first-order valence-corrected chi connectivity index (χ1v) is 7.41. The summed E-state index contributed by atoms with van der Waals surface area (Å²) in [6.07, 6.45) is -4.66. The zero-order valence-corrected chi connectivity index (χ0v) is 12.5. The second-order valence-electron chi connectivity index (χ2n) is 4.54. The Morgan fingerprint density at radius 3 is 2.33 bits per heavy atom. The summed E-state index contributed by atoms with van der Waals surface area (Å²) in [7, 11) is 0. The Morgan fingerprint density at radius 1 is 1.19 bits per heavy atom. The van der Waals surface area contributed by atoms with Crippen LogP contribution in [0.25, 0.3) is 0 Å². The summed E-state index contributed by atoms with van der Waals surface area (Å²) in [6, 6.07) is 8.01. The van der Waals surface area contributed by atoms with Gasteiger partial charge in [0, 0.05) is 4.88 Å². The second-order valence-corrected chi connectivity index (χ2v) is 5.66. The molecule has 0 spiro atoms. The first kappa shape index (κ1) is 15.9. The highest BCUT2D eigenvalue weighted by atomic mass is 32.1. The summed E-state index contributed by atoms with van der Waals surface area (Å²) in [5.74, 6) is -0.205. The van der Waals surface area contributed by atoms with Gasteiger partial charge in [0.2, 0.25) is 0 Å². The van der Waals surface area contributed by atoms with E-state index in [0.29, 0.717) is 0 Å². The lowest BCUT2D eigenvalue weighted by Gasteiger charge is -2.19. The highest BCUT2D eigenvalue weighted by Gasteiger charge is 2.31. The molecule has 2 rings (SSSR count). The van der Waals surface area contributed by atoms with Crippen molar-refractivity contribution in [2.45, 2.75) is 26.3 Å². The first-order valence-electron chi connectivity index (χ1n) is 6.54. The van der Waals surface area contributed by atoms with Crippen LogP contribution in [0.15, 0.2) is 35.7 Å². The second kappa shape index (κ2) is 6.49. The molecule has 0 bridgehead atoms. The Bertz CT molecular complexity index is 577. The molecule has 0 saturated heterocycles. The fourth-order valence-electron chi connectivity index (χ4n) is 2.17. The Balaban J connectivity index is 2.24. The molecule has 21 heavy (non-hydrogen) atoms. The Kier molecular flexibility index (Phi) is 4.90. The van der Waals surface area contributed by atoms with Gasteiger partial charge in [-0.3, -0.25) is 0 Å². The van der Waals surface area contributed by atoms with Crippen molar-refractivity contribution in [2.24, 2.45) is 0 Å². The van der Waals surface area contributed by atoms with Crippen LogP contribution in [0.1, 0.15) is 29.0 Å². The van der Waals surface area contributed by atoms with Crippen LogP contribution < -0.4 is 10.1 Å². The van der Waals surface area contributed by atoms with Gasteiger partial charge in [0.1, 0.15) is 5.75 Å². The van der Waals surface area contributed by atoms with Gasteiger partial charge in [-0.1, -0.05) is 19.1 Å². The molecule has 0 aliphatic heterocycles. The van der Waals surface area contributed by atoms with Crippen LogP contribution in [0.3, 0.4) is 0 Å². The van der Waals surface area contributed by atoms with E-state index in [1.165, 1.54) is 17.0 Å². The average Bonchev–Trinajstić information content (AvgIpc) is 2.81. The maximum absolute atomic E-state index is 12.2. The maximum Gasteiger partial charge on any atom is 0.573 e. The highest BCUT2D eigenvalue weighted by Crippen LogP contribution is 2.30. The smallest absolute Gasteiger partial charge is 0.406 e. The fraction of sp³-hybridized carbons (Fsp3) is 0.333. The predicted molar refractivity (Wildman–Crippen MR) is 77.7 cm³/mol. The van der Waals surface area contributed by atoms with Crippen molar-refractivity contribution in [2.75, 3.05) is 6.54 Å². The third-order valence-electron chi connectivity index (χ3n) is 3.07. The lowest BCUT2D eigenvalue weighted by atomic mass is 9.99. The number of rotatable bonds is 5. The van der Waals surface area contributed by atoms with Gasteiger partial charge in [0.25, 0.3) is 0 Å². The molecule has 0 aliphatic rings. The molecule has 1 N–H and O–H groups in total. The number of benzene rings is 1. The molecule has 1 heterocycles. The molecule has 0 fully saturated rings. The largest absolute Gasteiger partial charge is 0.573 e. The molecular formula is C15H16F3NOS. The van der Waals surface area contributed by atoms with E-state index in [4.69, 9.17) is 0 Å². The third kappa shape index (κ3) is 4.22. The third-order valence-corrected chi connectivity index (χ3v) is 3.93. The average molecular weight is 315 g/mol. The van der Waals surface area contributed by atoms with Crippen molar-refractivity contribution in [3.8, 4) is 5.75 Å². The van der Waals surface area contributed by atoms with E-state index in [0.717, 1.165) is 17.7 Å². The maximum atomic E-state index is 12.2. The van der Waals surface area contributed by atoms with Crippen LogP contribution in [0.4, 0.5) is 13.2 Å². The van der Waals surface area contributed by atoms with Crippen LogP contribution >= 0.6 is 11.3 Å². The van der Waals surface area contributed by atoms with E-state index in [1.807, 2.05) is 25.3 Å². The number of halogens is 3. The fourth-order valence-corrected chi connectivity index (χ4v) is 2.91. The van der Waals surface area contributed by atoms with E-state index < -0.39 is 6.36 Å². The molecule has 2 aromatic rings. The number of ether oxygens (including phenoxy) is 1. The molecule has 6 heteroatoms. The number of hydrogen-bond acceptors (Lipinski definition) is 3. The molecule has 0 aliphatic carbocycles. The van der Waals surface area contributed by atoms with E-state index in [9.17, 15) is 13.2 Å². The lowest BCUT2D eigenvalue weighted by Crippen LogP contribution is -2.22. The van der Waals surface area contributed by atoms with E-state index in [-0.39, 0.29) is 11.8 Å². The number of aryl methyl sites for hydroxylation is 1. The molecule has 2 nitrogen and oxygen atoms in total. The van der Waals surface area contributed by atoms with Crippen molar-refractivity contribution >= 4 is 11.3 Å². The molecule has 1 atom stereocenters. The van der Waals surface area contributed by atoms with Gasteiger partial charge < -0.3 is 10.1 Å². The van der Waals surface area contributed by atoms with E-state index >= 15 is 0 Å². The van der Waals surface area contributed by atoms with Crippen molar-refractivity contribution in [3.63, 3.8) is 0 Å². The Hall–Kier alpha value is -1.53. The van der Waals surface area contributed by atoms with Crippen LogP contribution in [0.5, 0.6) is 5.75 Å². The van der Waals surface area contributed by atoms with Gasteiger partial charge in [-0.15, -0.1) is 24.5 Å². The summed E-state index contributed by atoms with van der Waals surface area (Å²) in [5.41, 5.74) is 2.05. The predicted octanol–water partition coefficient (Wildman–Crippen LogP) is 4.65. The zero-order valence-electron chi connectivity index (χ0n) is 11.7. The molecule has 1 aromatic heterocycles. The number of nitrogens with one attached hydrogen (secondary N) is 1. The summed E-state index contributed by atoms with van der Waals surface area (Å²) in [6.45, 7) is 4.79. The summed E-state index contributed by atoms with van der Waals surface area (Å²) in [4.78, 5) is 1.19. The van der Waals surface area contributed by atoms with Gasteiger partial charge in [0.05, 0.1) is 6.04 Å². The minimum absolute atomic E-state index is 0.0267. The molecule has 1 aromatic carbocycles. The van der Waals surface area contributed by atoms with Crippen LogP contribution in [-0.4, -0.2) is 12.9 Å².